The van der Waals surface area contributed by atoms with Crippen LogP contribution in [0.25, 0.3) is 6.08 Å². The molecule has 1 atom stereocenters. The number of amides is 2. The van der Waals surface area contributed by atoms with Crippen LogP contribution in [0.1, 0.15) is 19.4 Å². The van der Waals surface area contributed by atoms with Crippen LogP contribution in [0, 0.1) is 0 Å². The van der Waals surface area contributed by atoms with Crippen LogP contribution in [0.15, 0.2) is 23.1 Å². The summed E-state index contributed by atoms with van der Waals surface area (Å²) in [6.07, 6.45) is 1.58. The number of benzene rings is 1. The van der Waals surface area contributed by atoms with Crippen LogP contribution in [-0.4, -0.2) is 48.9 Å². The van der Waals surface area contributed by atoms with E-state index in [2.05, 4.69) is 4.74 Å². The van der Waals surface area contributed by atoms with Gasteiger partial charge >= 0.3 is 5.97 Å². The normalized spacial score (nSPS) is 17.0. The first kappa shape index (κ1) is 18.9. The zero-order chi connectivity index (χ0) is 18.6. The number of ether oxygens (including phenoxy) is 3. The molecule has 1 saturated heterocycles. The number of rotatable bonds is 6. The number of carbonyl (C=O) groups is 3. The first-order valence-electron chi connectivity index (χ1n) is 7.58. The average Bonchev–Trinajstić information content (AvgIpc) is 2.87. The number of imide groups is 1. The number of hydrogen-bond donors (Lipinski definition) is 0. The Balaban J connectivity index is 2.30. The van der Waals surface area contributed by atoms with Crippen molar-refractivity contribution in [1.82, 2.24) is 4.90 Å². The minimum absolute atomic E-state index is 0.230. The van der Waals surface area contributed by atoms with Gasteiger partial charge in [0.15, 0.2) is 11.5 Å². The van der Waals surface area contributed by atoms with Crippen molar-refractivity contribution in [2.75, 3.05) is 20.8 Å². The Bertz CT molecular complexity index is 730. The smallest absolute Gasteiger partial charge is 0.328 e. The third kappa shape index (κ3) is 3.96. The summed E-state index contributed by atoms with van der Waals surface area (Å²) in [7, 11) is 2.75. The lowest BCUT2D eigenvalue weighted by Crippen LogP contribution is -2.42. The predicted molar refractivity (Wildman–Crippen MR) is 93.5 cm³/mol. The number of thioether (sulfide) groups is 1. The molecule has 1 aliphatic rings. The summed E-state index contributed by atoms with van der Waals surface area (Å²) in [5.41, 5.74) is 0.681. The van der Waals surface area contributed by atoms with Gasteiger partial charge in [0.1, 0.15) is 6.04 Å². The van der Waals surface area contributed by atoms with E-state index in [1.807, 2.05) is 6.92 Å². The van der Waals surface area contributed by atoms with E-state index in [1.54, 1.807) is 24.3 Å². The summed E-state index contributed by atoms with van der Waals surface area (Å²) in [6.45, 7) is 3.77. The van der Waals surface area contributed by atoms with Crippen LogP contribution in [0.4, 0.5) is 4.79 Å². The Hall–Kier alpha value is -2.48. The lowest BCUT2D eigenvalue weighted by molar-refractivity contribution is -0.148. The zero-order valence-corrected chi connectivity index (χ0v) is 15.2. The fourth-order valence-electron chi connectivity index (χ4n) is 2.29. The van der Waals surface area contributed by atoms with Gasteiger partial charge in [0.05, 0.1) is 25.7 Å². The highest BCUT2D eigenvalue weighted by atomic mass is 32.2. The quantitative estimate of drug-likeness (QED) is 0.566. The molecule has 1 aromatic carbocycles. The highest BCUT2D eigenvalue weighted by molar-refractivity contribution is 8.18. The van der Waals surface area contributed by atoms with Gasteiger partial charge in [0, 0.05) is 0 Å². The SMILES string of the molecule is CCOc1cc(/C=C2\SC(=O)N([C@@H](C)C(=O)OC)C2=O)ccc1OC. The van der Waals surface area contributed by atoms with Crippen molar-refractivity contribution in [1.29, 1.82) is 0 Å². The van der Waals surface area contributed by atoms with E-state index in [9.17, 15) is 14.4 Å². The third-order valence-corrected chi connectivity index (χ3v) is 4.42. The number of esters is 1. The molecule has 7 nitrogen and oxygen atoms in total. The van der Waals surface area contributed by atoms with Crippen molar-refractivity contribution in [3.63, 3.8) is 0 Å². The van der Waals surface area contributed by atoms with Crippen LogP contribution in [0.3, 0.4) is 0 Å². The summed E-state index contributed by atoms with van der Waals surface area (Å²) in [5, 5.41) is -0.507. The monoisotopic (exact) mass is 365 g/mol. The summed E-state index contributed by atoms with van der Waals surface area (Å²) >= 11 is 0.781. The van der Waals surface area contributed by atoms with Gasteiger partial charge in [-0.25, -0.2) is 4.79 Å². The Morgan fingerprint density at radius 2 is 2.00 bits per heavy atom. The molecular weight excluding hydrogens is 346 g/mol. The van der Waals surface area contributed by atoms with Gasteiger partial charge < -0.3 is 14.2 Å². The fourth-order valence-corrected chi connectivity index (χ4v) is 3.20. The molecule has 8 heteroatoms. The second-order valence-corrected chi connectivity index (χ2v) is 6.09. The number of hydrogen-bond acceptors (Lipinski definition) is 7. The lowest BCUT2D eigenvalue weighted by Gasteiger charge is -2.18. The average molecular weight is 365 g/mol. The van der Waals surface area contributed by atoms with Crippen LogP contribution in [0.2, 0.25) is 0 Å². The van der Waals surface area contributed by atoms with Crippen molar-refractivity contribution in [3.8, 4) is 11.5 Å². The molecule has 1 aromatic rings. The van der Waals surface area contributed by atoms with Gasteiger partial charge in [0.25, 0.3) is 11.1 Å². The minimum Gasteiger partial charge on any atom is -0.493 e. The molecular formula is C17H19NO6S. The van der Waals surface area contributed by atoms with Crippen molar-refractivity contribution < 1.29 is 28.6 Å². The number of methoxy groups -OCH3 is 2. The summed E-state index contributed by atoms with van der Waals surface area (Å²) in [6, 6.07) is 4.22. The lowest BCUT2D eigenvalue weighted by atomic mass is 10.1. The molecule has 0 saturated carbocycles. The Morgan fingerprint density at radius 3 is 2.60 bits per heavy atom. The van der Waals surface area contributed by atoms with E-state index in [0.717, 1.165) is 16.7 Å². The maximum Gasteiger partial charge on any atom is 0.328 e. The molecule has 2 amide bonds. The fraction of sp³-hybridized carbons (Fsp3) is 0.353. The van der Waals surface area contributed by atoms with Crippen molar-refractivity contribution in [3.05, 3.63) is 28.7 Å². The van der Waals surface area contributed by atoms with Gasteiger partial charge in [-0.1, -0.05) is 6.07 Å². The maximum atomic E-state index is 12.5. The van der Waals surface area contributed by atoms with E-state index < -0.39 is 23.2 Å². The topological polar surface area (TPSA) is 82.1 Å². The molecule has 0 bridgehead atoms. The molecule has 0 aliphatic carbocycles. The number of nitrogens with zero attached hydrogens (tertiary/aromatic N) is 1. The Morgan fingerprint density at radius 1 is 1.28 bits per heavy atom. The van der Waals surface area contributed by atoms with Gasteiger partial charge in [-0.05, 0) is 49.4 Å². The predicted octanol–water partition coefficient (Wildman–Crippen LogP) is 2.69. The first-order chi connectivity index (χ1) is 11.9. The second-order valence-electron chi connectivity index (χ2n) is 5.09. The molecule has 1 fully saturated rings. The summed E-state index contributed by atoms with van der Waals surface area (Å²) in [4.78, 5) is 37.3. The van der Waals surface area contributed by atoms with Crippen LogP contribution in [0.5, 0.6) is 11.5 Å². The molecule has 2 rings (SSSR count). The molecule has 1 heterocycles. The maximum absolute atomic E-state index is 12.5. The van der Waals surface area contributed by atoms with E-state index in [4.69, 9.17) is 9.47 Å². The van der Waals surface area contributed by atoms with Crippen LogP contribution < -0.4 is 9.47 Å². The molecule has 25 heavy (non-hydrogen) atoms. The molecule has 1 aliphatic heterocycles. The molecule has 0 N–H and O–H groups in total. The first-order valence-corrected chi connectivity index (χ1v) is 8.40. The standard InChI is InChI=1S/C17H19NO6S/c1-5-24-13-8-11(6-7-12(13)22-3)9-14-15(19)18(17(21)25-14)10(2)16(20)23-4/h6-10H,5H2,1-4H3/b14-9-/t10-/m0/s1. The Kier molecular flexibility index (Phi) is 6.08. The molecule has 0 radical (unpaired) electrons. The van der Waals surface area contributed by atoms with E-state index in [0.29, 0.717) is 23.7 Å². The summed E-state index contributed by atoms with van der Waals surface area (Å²) in [5.74, 6) is -0.0550. The molecule has 0 aromatic heterocycles. The number of carbonyl (C=O) groups excluding carboxylic acids is 3. The van der Waals surface area contributed by atoms with Crippen LogP contribution in [-0.2, 0) is 14.3 Å². The zero-order valence-electron chi connectivity index (χ0n) is 14.4. The van der Waals surface area contributed by atoms with E-state index in [1.165, 1.54) is 21.1 Å². The van der Waals surface area contributed by atoms with Crippen molar-refractivity contribution in [2.45, 2.75) is 19.9 Å². The molecule has 134 valence electrons. The second kappa shape index (κ2) is 8.06. The molecule has 0 unspecified atom stereocenters. The van der Waals surface area contributed by atoms with E-state index in [-0.39, 0.29) is 4.91 Å². The largest absolute Gasteiger partial charge is 0.493 e. The highest BCUT2D eigenvalue weighted by Gasteiger charge is 2.41. The molecule has 0 spiro atoms. The Labute approximate surface area is 149 Å². The van der Waals surface area contributed by atoms with Gasteiger partial charge in [-0.2, -0.15) is 0 Å². The minimum atomic E-state index is -0.974. The van der Waals surface area contributed by atoms with Gasteiger partial charge in [0.2, 0.25) is 0 Å². The van der Waals surface area contributed by atoms with Gasteiger partial charge in [-0.3, -0.25) is 14.5 Å². The van der Waals surface area contributed by atoms with Crippen LogP contribution >= 0.6 is 11.8 Å². The summed E-state index contributed by atoms with van der Waals surface area (Å²) < 4.78 is 15.3. The van der Waals surface area contributed by atoms with E-state index >= 15 is 0 Å². The third-order valence-electron chi connectivity index (χ3n) is 3.54. The van der Waals surface area contributed by atoms with Crippen molar-refractivity contribution >= 4 is 35.0 Å². The highest BCUT2D eigenvalue weighted by Crippen LogP contribution is 2.35. The van der Waals surface area contributed by atoms with Gasteiger partial charge in [-0.15, -0.1) is 0 Å². The van der Waals surface area contributed by atoms with Crippen molar-refractivity contribution in [2.24, 2.45) is 0 Å².